The fourth-order valence-corrected chi connectivity index (χ4v) is 3.31. The van der Waals surface area contributed by atoms with E-state index in [1.807, 2.05) is 52.0 Å². The number of rotatable bonds is 3. The van der Waals surface area contributed by atoms with E-state index < -0.39 is 5.60 Å². The van der Waals surface area contributed by atoms with E-state index in [0.29, 0.717) is 18.1 Å². The molecule has 1 amide bonds. The minimum atomic E-state index is -0.517. The fraction of sp³-hybridized carbons (Fsp3) is 0.526. The molecule has 1 fully saturated rings. The summed E-state index contributed by atoms with van der Waals surface area (Å²) < 4.78 is 7.63. The Balaban J connectivity index is 1.84. The van der Waals surface area contributed by atoms with Gasteiger partial charge in [0.2, 0.25) is 0 Å². The van der Waals surface area contributed by atoms with Gasteiger partial charge in [-0.15, -0.1) is 10.2 Å². The largest absolute Gasteiger partial charge is 0.444 e. The van der Waals surface area contributed by atoms with Crippen LogP contribution in [0.2, 0.25) is 5.02 Å². The smallest absolute Gasteiger partial charge is 0.410 e. The number of halogens is 1. The summed E-state index contributed by atoms with van der Waals surface area (Å²) in [6.45, 7) is 8.88. The molecule has 26 heavy (non-hydrogen) atoms. The van der Waals surface area contributed by atoms with Crippen LogP contribution in [-0.2, 0) is 11.3 Å². The third-order valence-corrected chi connectivity index (χ3v) is 4.65. The van der Waals surface area contributed by atoms with Crippen LogP contribution in [0.3, 0.4) is 0 Å². The van der Waals surface area contributed by atoms with Crippen LogP contribution >= 0.6 is 11.6 Å². The highest BCUT2D eigenvalue weighted by atomic mass is 35.5. The van der Waals surface area contributed by atoms with Gasteiger partial charge in [-0.3, -0.25) is 4.90 Å². The molecule has 0 aliphatic carbocycles. The lowest BCUT2D eigenvalue weighted by atomic mass is 10.2. The number of nitrogens with zero attached hydrogens (tertiary/aromatic N) is 4. The molecule has 3 rings (SSSR count). The zero-order chi connectivity index (χ0) is 18.9. The van der Waals surface area contributed by atoms with Crippen molar-refractivity contribution in [2.75, 3.05) is 6.54 Å². The third-order valence-electron chi connectivity index (χ3n) is 4.40. The van der Waals surface area contributed by atoms with Crippen molar-refractivity contribution in [2.24, 2.45) is 0 Å². The Bertz CT molecular complexity index is 780. The minimum absolute atomic E-state index is 0.113. The van der Waals surface area contributed by atoms with Gasteiger partial charge in [-0.05, 0) is 58.2 Å². The van der Waals surface area contributed by atoms with Gasteiger partial charge in [0, 0.05) is 11.6 Å². The van der Waals surface area contributed by atoms with Crippen molar-refractivity contribution in [1.29, 1.82) is 0 Å². The molecule has 1 aliphatic rings. The Labute approximate surface area is 159 Å². The van der Waals surface area contributed by atoms with Crippen molar-refractivity contribution < 1.29 is 9.53 Å². The van der Waals surface area contributed by atoms with Crippen LogP contribution in [0.5, 0.6) is 0 Å². The van der Waals surface area contributed by atoms with Crippen molar-refractivity contribution >= 4 is 17.7 Å². The molecule has 2 aromatic rings. The number of benzene rings is 1. The van der Waals surface area contributed by atoms with E-state index in [-0.39, 0.29) is 12.1 Å². The first-order valence-electron chi connectivity index (χ1n) is 8.88. The zero-order valence-electron chi connectivity index (χ0n) is 15.7. The van der Waals surface area contributed by atoms with Crippen molar-refractivity contribution in [1.82, 2.24) is 19.7 Å². The van der Waals surface area contributed by atoms with Crippen LogP contribution in [-0.4, -0.2) is 37.9 Å². The SMILES string of the molecule is Cc1nnc(C2CCCN2C(=O)OC(C)(C)C)n1Cc1ccc(Cl)cc1. The first kappa shape index (κ1) is 18.7. The molecule has 0 spiro atoms. The number of likely N-dealkylation sites (tertiary alicyclic amines) is 1. The molecule has 1 aromatic carbocycles. The maximum atomic E-state index is 12.6. The molecule has 140 valence electrons. The zero-order valence-corrected chi connectivity index (χ0v) is 16.5. The highest BCUT2D eigenvalue weighted by molar-refractivity contribution is 6.30. The Morgan fingerprint density at radius 3 is 2.62 bits per heavy atom. The van der Waals surface area contributed by atoms with Crippen molar-refractivity contribution in [2.45, 2.75) is 58.7 Å². The fourth-order valence-electron chi connectivity index (χ4n) is 3.19. The predicted octanol–water partition coefficient (Wildman–Crippen LogP) is 4.36. The van der Waals surface area contributed by atoms with Crippen LogP contribution in [0, 0.1) is 6.92 Å². The Morgan fingerprint density at radius 2 is 1.96 bits per heavy atom. The lowest BCUT2D eigenvalue weighted by Gasteiger charge is -2.28. The Kier molecular flexibility index (Phi) is 5.23. The lowest BCUT2D eigenvalue weighted by molar-refractivity contribution is 0.0215. The molecule has 1 aliphatic heterocycles. The summed E-state index contributed by atoms with van der Waals surface area (Å²) in [4.78, 5) is 14.4. The van der Waals surface area contributed by atoms with Crippen LogP contribution in [0.15, 0.2) is 24.3 Å². The third kappa shape index (κ3) is 4.18. The van der Waals surface area contributed by atoms with Gasteiger partial charge in [0.15, 0.2) is 5.82 Å². The van der Waals surface area contributed by atoms with Crippen molar-refractivity contribution in [3.8, 4) is 0 Å². The second-order valence-electron chi connectivity index (χ2n) is 7.65. The van der Waals surface area contributed by atoms with Crippen LogP contribution in [0.25, 0.3) is 0 Å². The monoisotopic (exact) mass is 376 g/mol. The standard InChI is InChI=1S/C19H25ClN4O2/c1-13-21-22-17(24(13)12-14-7-9-15(20)10-8-14)16-6-5-11-23(16)18(25)26-19(2,3)4/h7-10,16H,5-6,11-12H2,1-4H3. The van der Waals surface area contributed by atoms with Gasteiger partial charge < -0.3 is 9.30 Å². The summed E-state index contributed by atoms with van der Waals surface area (Å²) >= 11 is 5.98. The number of carbonyl (C=O) groups is 1. The number of ether oxygens (including phenoxy) is 1. The predicted molar refractivity (Wildman–Crippen MR) is 100 cm³/mol. The van der Waals surface area contributed by atoms with Crippen LogP contribution in [0.1, 0.15) is 56.9 Å². The molecule has 1 saturated heterocycles. The number of aryl methyl sites for hydroxylation is 1. The average Bonchev–Trinajstić information content (AvgIpc) is 3.15. The molecule has 1 atom stereocenters. The molecule has 1 unspecified atom stereocenters. The quantitative estimate of drug-likeness (QED) is 0.798. The molecule has 0 saturated carbocycles. The maximum Gasteiger partial charge on any atom is 0.410 e. The maximum absolute atomic E-state index is 12.6. The van der Waals surface area contributed by atoms with E-state index in [9.17, 15) is 4.79 Å². The summed E-state index contributed by atoms with van der Waals surface area (Å²) in [6.07, 6.45) is 1.49. The van der Waals surface area contributed by atoms with Gasteiger partial charge >= 0.3 is 6.09 Å². The Morgan fingerprint density at radius 1 is 1.27 bits per heavy atom. The summed E-state index contributed by atoms with van der Waals surface area (Å²) in [5.74, 6) is 1.63. The van der Waals surface area contributed by atoms with E-state index in [1.165, 1.54) is 0 Å². The number of amides is 1. The first-order chi connectivity index (χ1) is 12.2. The second kappa shape index (κ2) is 7.27. The van der Waals surface area contributed by atoms with E-state index in [1.54, 1.807) is 4.90 Å². The molecule has 2 heterocycles. The normalized spacial score (nSPS) is 17.6. The first-order valence-corrected chi connectivity index (χ1v) is 9.26. The number of aromatic nitrogens is 3. The van der Waals surface area contributed by atoms with Crippen LogP contribution in [0.4, 0.5) is 4.79 Å². The highest BCUT2D eigenvalue weighted by Crippen LogP contribution is 2.33. The van der Waals surface area contributed by atoms with E-state index in [0.717, 1.165) is 30.1 Å². The van der Waals surface area contributed by atoms with Crippen molar-refractivity contribution in [3.05, 3.63) is 46.5 Å². The molecule has 0 N–H and O–H groups in total. The van der Waals surface area contributed by atoms with Crippen LogP contribution < -0.4 is 0 Å². The Hall–Kier alpha value is -2.08. The van der Waals surface area contributed by atoms with Gasteiger partial charge in [-0.1, -0.05) is 23.7 Å². The van der Waals surface area contributed by atoms with Gasteiger partial charge in [-0.2, -0.15) is 0 Å². The molecule has 0 bridgehead atoms. The molecule has 1 aromatic heterocycles. The molecular formula is C19H25ClN4O2. The van der Waals surface area contributed by atoms with E-state index in [4.69, 9.17) is 16.3 Å². The molecule has 6 nitrogen and oxygen atoms in total. The summed E-state index contributed by atoms with van der Waals surface area (Å²) in [5, 5.41) is 9.34. The van der Waals surface area contributed by atoms with Gasteiger partial charge in [-0.25, -0.2) is 4.79 Å². The molecule has 0 radical (unpaired) electrons. The summed E-state index contributed by atoms with van der Waals surface area (Å²) in [6, 6.07) is 7.62. The van der Waals surface area contributed by atoms with Gasteiger partial charge in [0.05, 0.1) is 12.6 Å². The summed E-state index contributed by atoms with van der Waals surface area (Å²) in [7, 11) is 0. The van der Waals surface area contributed by atoms with Gasteiger partial charge in [0.1, 0.15) is 11.4 Å². The topological polar surface area (TPSA) is 60.3 Å². The van der Waals surface area contributed by atoms with Gasteiger partial charge in [0.25, 0.3) is 0 Å². The van der Waals surface area contributed by atoms with E-state index >= 15 is 0 Å². The number of hydrogen-bond donors (Lipinski definition) is 0. The molecular weight excluding hydrogens is 352 g/mol. The number of carbonyl (C=O) groups excluding carboxylic acids is 1. The second-order valence-corrected chi connectivity index (χ2v) is 8.09. The molecule has 7 heteroatoms. The van der Waals surface area contributed by atoms with Crippen molar-refractivity contribution in [3.63, 3.8) is 0 Å². The average molecular weight is 377 g/mol. The number of hydrogen-bond acceptors (Lipinski definition) is 4. The highest BCUT2D eigenvalue weighted by Gasteiger charge is 2.36. The van der Waals surface area contributed by atoms with E-state index in [2.05, 4.69) is 14.8 Å². The minimum Gasteiger partial charge on any atom is -0.444 e. The lowest BCUT2D eigenvalue weighted by Crippen LogP contribution is -2.37. The summed E-state index contributed by atoms with van der Waals surface area (Å²) in [5.41, 5.74) is 0.595.